The van der Waals surface area contributed by atoms with Crippen molar-refractivity contribution in [2.75, 3.05) is 0 Å². The van der Waals surface area contributed by atoms with Gasteiger partial charge in [0, 0.05) is 17.1 Å². The summed E-state index contributed by atoms with van der Waals surface area (Å²) in [4.78, 5) is 12.3. The fourth-order valence-corrected chi connectivity index (χ4v) is 3.88. The topological polar surface area (TPSA) is 41.5 Å². The Labute approximate surface area is 121 Å². The quantitative estimate of drug-likeness (QED) is 0.794. The number of nitrogens with zero attached hydrogens (tertiary/aromatic N) is 1. The highest BCUT2D eigenvalue weighted by atomic mass is 32.2. The van der Waals surface area contributed by atoms with Gasteiger partial charge >= 0.3 is 0 Å². The predicted molar refractivity (Wildman–Crippen MR) is 82.2 cm³/mol. The molecule has 1 heterocycles. The zero-order chi connectivity index (χ0) is 13.7. The van der Waals surface area contributed by atoms with E-state index in [0.717, 1.165) is 25.1 Å². The largest absolute Gasteiger partial charge is 0.313 e. The van der Waals surface area contributed by atoms with Crippen molar-refractivity contribution < 1.29 is 4.79 Å². The van der Waals surface area contributed by atoms with Gasteiger partial charge in [-0.15, -0.1) is 0 Å². The fourth-order valence-electron chi connectivity index (χ4n) is 3.01. The first-order chi connectivity index (χ1) is 9.22. The Morgan fingerprint density at radius 1 is 1.37 bits per heavy atom. The van der Waals surface area contributed by atoms with Crippen molar-refractivity contribution in [3.05, 3.63) is 0 Å². The number of nitrogens with one attached hydrogen (secondary N) is 1. The minimum atomic E-state index is 0.217. The summed E-state index contributed by atoms with van der Waals surface area (Å²) in [5.41, 5.74) is 0. The summed E-state index contributed by atoms with van der Waals surface area (Å²) < 4.78 is 4.49. The van der Waals surface area contributed by atoms with Crippen LogP contribution in [0.15, 0.2) is 4.40 Å². The second-order valence-electron chi connectivity index (χ2n) is 5.86. The molecular weight excluding hydrogens is 256 g/mol. The van der Waals surface area contributed by atoms with Gasteiger partial charge in [0.2, 0.25) is 5.91 Å². The Hall–Kier alpha value is -0.510. The van der Waals surface area contributed by atoms with Gasteiger partial charge in [-0.25, -0.2) is 4.40 Å². The molecule has 2 unspecified atom stereocenters. The number of hydrogen-bond acceptors (Lipinski definition) is 3. The minimum Gasteiger partial charge on any atom is -0.313 e. The van der Waals surface area contributed by atoms with Crippen LogP contribution in [-0.4, -0.2) is 17.0 Å². The molecule has 3 nitrogen and oxygen atoms in total. The molecule has 2 atom stereocenters. The molecule has 1 N–H and O–H groups in total. The predicted octanol–water partition coefficient (Wildman–Crippen LogP) is 3.94. The standard InChI is InChI=1S/C15H26N2OS/c1-3-4-10-13-11(2)19-17-14(13)16-15(18)12-8-6-5-7-9-12/h11-13H,3-10H2,1-2H3,(H,16,17,18). The number of carbonyl (C=O) groups is 1. The Morgan fingerprint density at radius 2 is 2.11 bits per heavy atom. The van der Waals surface area contributed by atoms with Gasteiger partial charge in [0.15, 0.2) is 0 Å². The SMILES string of the molecule is CCCCC1C(NC(=O)C2CCCCC2)=NSC1C. The normalized spacial score (nSPS) is 28.2. The van der Waals surface area contributed by atoms with Crippen LogP contribution < -0.4 is 5.32 Å². The first-order valence-corrected chi connectivity index (χ1v) is 8.60. The third-order valence-electron chi connectivity index (χ3n) is 4.33. The number of amides is 1. The van der Waals surface area contributed by atoms with E-state index in [1.165, 1.54) is 32.1 Å². The van der Waals surface area contributed by atoms with E-state index in [9.17, 15) is 4.79 Å². The molecule has 2 rings (SSSR count). The second-order valence-corrected chi connectivity index (χ2v) is 7.00. The summed E-state index contributed by atoms with van der Waals surface area (Å²) in [5, 5.41) is 3.64. The van der Waals surface area contributed by atoms with Crippen LogP contribution in [0.1, 0.15) is 65.2 Å². The Kier molecular flexibility index (Phi) is 5.74. The smallest absolute Gasteiger partial charge is 0.228 e. The van der Waals surface area contributed by atoms with Crippen LogP contribution in [0.3, 0.4) is 0 Å². The van der Waals surface area contributed by atoms with E-state index < -0.39 is 0 Å². The van der Waals surface area contributed by atoms with Gasteiger partial charge < -0.3 is 5.32 Å². The summed E-state index contributed by atoms with van der Waals surface area (Å²) in [5.74, 6) is 1.83. The summed E-state index contributed by atoms with van der Waals surface area (Å²) >= 11 is 1.63. The van der Waals surface area contributed by atoms with Crippen molar-refractivity contribution in [1.29, 1.82) is 0 Å². The molecule has 0 radical (unpaired) electrons. The zero-order valence-corrected chi connectivity index (χ0v) is 13.0. The van der Waals surface area contributed by atoms with Crippen LogP contribution in [0, 0.1) is 11.8 Å². The van der Waals surface area contributed by atoms with Crippen LogP contribution in [0.4, 0.5) is 0 Å². The molecule has 0 aromatic carbocycles. The highest BCUT2D eigenvalue weighted by Crippen LogP contribution is 2.33. The number of unbranched alkanes of at least 4 members (excludes halogenated alkanes) is 1. The van der Waals surface area contributed by atoms with Gasteiger partial charge in [-0.3, -0.25) is 4.79 Å². The van der Waals surface area contributed by atoms with Gasteiger partial charge in [-0.05, 0) is 31.2 Å². The average molecular weight is 282 g/mol. The monoisotopic (exact) mass is 282 g/mol. The molecule has 4 heteroatoms. The second kappa shape index (κ2) is 7.32. The lowest BCUT2D eigenvalue weighted by atomic mass is 9.88. The fraction of sp³-hybridized carbons (Fsp3) is 0.867. The van der Waals surface area contributed by atoms with Crippen LogP contribution in [0.5, 0.6) is 0 Å². The average Bonchev–Trinajstić information content (AvgIpc) is 2.78. The van der Waals surface area contributed by atoms with Crippen molar-refractivity contribution in [1.82, 2.24) is 5.32 Å². The van der Waals surface area contributed by atoms with Crippen LogP contribution in [-0.2, 0) is 4.79 Å². The van der Waals surface area contributed by atoms with Crippen LogP contribution in [0.2, 0.25) is 0 Å². The maximum absolute atomic E-state index is 12.3. The highest BCUT2D eigenvalue weighted by molar-refractivity contribution is 7.99. The molecule has 0 bridgehead atoms. The molecule has 2 aliphatic rings. The Morgan fingerprint density at radius 3 is 2.79 bits per heavy atom. The van der Waals surface area contributed by atoms with Crippen molar-refractivity contribution in [3.63, 3.8) is 0 Å². The molecule has 0 saturated heterocycles. The van der Waals surface area contributed by atoms with E-state index in [-0.39, 0.29) is 11.8 Å². The summed E-state index contributed by atoms with van der Waals surface area (Å²) in [6.45, 7) is 4.43. The van der Waals surface area contributed by atoms with E-state index in [4.69, 9.17) is 0 Å². The molecule has 0 aromatic heterocycles. The van der Waals surface area contributed by atoms with E-state index >= 15 is 0 Å². The molecule has 1 amide bonds. The highest BCUT2D eigenvalue weighted by Gasteiger charge is 2.31. The molecule has 0 spiro atoms. The summed E-state index contributed by atoms with van der Waals surface area (Å²) in [6, 6.07) is 0. The van der Waals surface area contributed by atoms with Gasteiger partial charge in [0.1, 0.15) is 5.84 Å². The Balaban J connectivity index is 1.87. The maximum atomic E-state index is 12.3. The lowest BCUT2D eigenvalue weighted by Gasteiger charge is -2.22. The zero-order valence-electron chi connectivity index (χ0n) is 12.2. The summed E-state index contributed by atoms with van der Waals surface area (Å²) in [6.07, 6.45) is 9.38. The van der Waals surface area contributed by atoms with Crippen LogP contribution in [0.25, 0.3) is 0 Å². The number of rotatable bonds is 4. The van der Waals surface area contributed by atoms with E-state index in [1.807, 2.05) is 0 Å². The van der Waals surface area contributed by atoms with Crippen molar-refractivity contribution in [3.8, 4) is 0 Å². The van der Waals surface area contributed by atoms with Crippen LogP contribution >= 0.6 is 11.9 Å². The van der Waals surface area contributed by atoms with Crippen molar-refractivity contribution >= 4 is 23.7 Å². The molecular formula is C15H26N2OS. The molecule has 1 aliphatic heterocycles. The lowest BCUT2D eigenvalue weighted by Crippen LogP contribution is -2.40. The molecule has 108 valence electrons. The van der Waals surface area contributed by atoms with Gasteiger partial charge in [-0.2, -0.15) is 0 Å². The number of hydrogen-bond donors (Lipinski definition) is 1. The Bertz CT molecular complexity index is 337. The van der Waals surface area contributed by atoms with Gasteiger partial charge in [-0.1, -0.05) is 46.0 Å². The maximum Gasteiger partial charge on any atom is 0.228 e. The third kappa shape index (κ3) is 3.98. The third-order valence-corrected chi connectivity index (χ3v) is 5.29. The van der Waals surface area contributed by atoms with E-state index in [2.05, 4.69) is 23.6 Å². The van der Waals surface area contributed by atoms with Crippen molar-refractivity contribution in [2.45, 2.75) is 70.5 Å². The van der Waals surface area contributed by atoms with Gasteiger partial charge in [0.25, 0.3) is 0 Å². The first kappa shape index (κ1) is 14.9. The molecule has 1 aliphatic carbocycles. The molecule has 1 saturated carbocycles. The molecule has 1 fully saturated rings. The number of amidine groups is 1. The number of carbonyl (C=O) groups excluding carboxylic acids is 1. The summed E-state index contributed by atoms with van der Waals surface area (Å²) in [7, 11) is 0. The van der Waals surface area contributed by atoms with Crippen molar-refractivity contribution in [2.24, 2.45) is 16.2 Å². The van der Waals surface area contributed by atoms with Gasteiger partial charge in [0.05, 0.1) is 0 Å². The minimum absolute atomic E-state index is 0.217. The van der Waals surface area contributed by atoms with E-state index in [1.54, 1.807) is 11.9 Å². The first-order valence-electron chi connectivity index (χ1n) is 7.77. The van der Waals surface area contributed by atoms with E-state index in [0.29, 0.717) is 11.2 Å². The molecule has 19 heavy (non-hydrogen) atoms. The lowest BCUT2D eigenvalue weighted by molar-refractivity contribution is -0.124. The molecule has 0 aromatic rings.